The highest BCUT2D eigenvalue weighted by molar-refractivity contribution is 5.90. The lowest BCUT2D eigenvalue weighted by Gasteiger charge is -2.33. The number of likely N-dealkylation sites (tertiary alicyclic amines) is 1. The van der Waals surface area contributed by atoms with Gasteiger partial charge in [-0.3, -0.25) is 14.6 Å². The topological polar surface area (TPSA) is 82.4 Å². The standard InChI is InChI=1S/C27H31N5O3/c1-27(2,3)35-26(33)32-10-8-17(9-11-32)21-7-6-18-13-22(28-15-23(18)29-21)19-12-20-16-31(4)30-25(20)24(14-19)34-5/h6-7,12-17H,8-11H2,1-5H3. The van der Waals surface area contributed by atoms with Gasteiger partial charge in [-0.1, -0.05) is 6.07 Å². The molecule has 1 aromatic carbocycles. The molecule has 1 aliphatic rings. The van der Waals surface area contributed by atoms with Crippen molar-refractivity contribution in [1.29, 1.82) is 0 Å². The van der Waals surface area contributed by atoms with E-state index in [2.05, 4.69) is 29.4 Å². The van der Waals surface area contributed by atoms with E-state index in [1.165, 1.54) is 0 Å². The van der Waals surface area contributed by atoms with Crippen LogP contribution in [0.25, 0.3) is 33.1 Å². The SMILES string of the molecule is COc1cc(-c2cc3ccc(C4CCN(C(=O)OC(C)(C)C)CC4)nc3cn2)cc2cn(C)nc12. The molecule has 1 aliphatic heterocycles. The van der Waals surface area contributed by atoms with Crippen LogP contribution < -0.4 is 4.74 Å². The van der Waals surface area contributed by atoms with Gasteiger partial charge >= 0.3 is 6.09 Å². The summed E-state index contributed by atoms with van der Waals surface area (Å²) in [7, 11) is 3.56. The molecule has 8 heteroatoms. The van der Waals surface area contributed by atoms with Crippen molar-refractivity contribution in [1.82, 2.24) is 24.6 Å². The second-order valence-corrected chi connectivity index (χ2v) is 10.2. The molecule has 0 bridgehead atoms. The van der Waals surface area contributed by atoms with Crippen molar-refractivity contribution in [2.45, 2.75) is 45.1 Å². The monoisotopic (exact) mass is 473 g/mol. The van der Waals surface area contributed by atoms with E-state index in [0.717, 1.165) is 57.3 Å². The number of aromatic nitrogens is 4. The average molecular weight is 474 g/mol. The zero-order valence-electron chi connectivity index (χ0n) is 20.9. The van der Waals surface area contributed by atoms with Crippen molar-refractivity contribution in [2.24, 2.45) is 7.05 Å². The van der Waals surface area contributed by atoms with Crippen molar-refractivity contribution in [3.8, 4) is 17.0 Å². The first kappa shape index (κ1) is 23.1. The summed E-state index contributed by atoms with van der Waals surface area (Å²) in [5, 5.41) is 6.53. The fourth-order valence-corrected chi connectivity index (χ4v) is 4.64. The molecule has 0 aliphatic carbocycles. The lowest BCUT2D eigenvalue weighted by atomic mass is 9.93. The van der Waals surface area contributed by atoms with E-state index in [1.807, 2.05) is 46.3 Å². The van der Waals surface area contributed by atoms with Crippen molar-refractivity contribution in [3.63, 3.8) is 0 Å². The van der Waals surface area contributed by atoms with Crippen LogP contribution in [0.15, 0.2) is 42.7 Å². The Morgan fingerprint density at radius 1 is 1.09 bits per heavy atom. The molecule has 0 atom stereocenters. The third kappa shape index (κ3) is 4.78. The summed E-state index contributed by atoms with van der Waals surface area (Å²) in [5.74, 6) is 1.04. The van der Waals surface area contributed by atoms with Crippen molar-refractivity contribution >= 4 is 27.9 Å². The van der Waals surface area contributed by atoms with Crippen LogP contribution in [-0.4, -0.2) is 56.5 Å². The predicted octanol–water partition coefficient (Wildman–Crippen LogP) is 5.31. The van der Waals surface area contributed by atoms with Gasteiger partial charge in [0.1, 0.15) is 16.9 Å². The third-order valence-electron chi connectivity index (χ3n) is 6.37. The summed E-state index contributed by atoms with van der Waals surface area (Å²) >= 11 is 0. The fourth-order valence-electron chi connectivity index (χ4n) is 4.64. The Kier molecular flexibility index (Phi) is 5.83. The maximum Gasteiger partial charge on any atom is 0.410 e. The smallest absolute Gasteiger partial charge is 0.410 e. The Labute approximate surface area is 204 Å². The average Bonchev–Trinajstić information content (AvgIpc) is 3.22. The summed E-state index contributed by atoms with van der Waals surface area (Å²) in [6.45, 7) is 7.03. The Hall–Kier alpha value is -3.68. The van der Waals surface area contributed by atoms with Crippen molar-refractivity contribution < 1.29 is 14.3 Å². The summed E-state index contributed by atoms with van der Waals surface area (Å²) in [6.07, 6.45) is 5.32. The van der Waals surface area contributed by atoms with Crippen molar-refractivity contribution in [2.75, 3.05) is 20.2 Å². The van der Waals surface area contributed by atoms with Crippen LogP contribution in [0, 0.1) is 0 Å². The number of benzene rings is 1. The molecule has 0 saturated carbocycles. The van der Waals surface area contributed by atoms with Gasteiger partial charge in [-0.05, 0) is 57.9 Å². The first-order chi connectivity index (χ1) is 16.7. The number of nitrogens with zero attached hydrogens (tertiary/aromatic N) is 5. The Balaban J connectivity index is 1.35. The Morgan fingerprint density at radius 3 is 2.57 bits per heavy atom. The number of amides is 1. The van der Waals surface area contributed by atoms with Gasteiger partial charge in [0.05, 0.1) is 24.5 Å². The van der Waals surface area contributed by atoms with E-state index < -0.39 is 5.60 Å². The number of carbonyl (C=O) groups is 1. The predicted molar refractivity (Wildman–Crippen MR) is 136 cm³/mol. The first-order valence-electron chi connectivity index (χ1n) is 12.0. The van der Waals surface area contributed by atoms with E-state index in [4.69, 9.17) is 19.4 Å². The van der Waals surface area contributed by atoms with Gasteiger partial charge in [0.25, 0.3) is 0 Å². The lowest BCUT2D eigenvalue weighted by molar-refractivity contribution is 0.0204. The number of piperidine rings is 1. The molecule has 1 fully saturated rings. The number of carbonyl (C=O) groups excluding carboxylic acids is 1. The number of hydrogen-bond donors (Lipinski definition) is 0. The maximum atomic E-state index is 12.4. The molecule has 1 amide bonds. The van der Waals surface area contributed by atoms with Gasteiger partial charge < -0.3 is 14.4 Å². The van der Waals surface area contributed by atoms with Crippen LogP contribution in [-0.2, 0) is 11.8 Å². The van der Waals surface area contributed by atoms with Gasteiger partial charge in [0.2, 0.25) is 0 Å². The van der Waals surface area contributed by atoms with E-state index in [-0.39, 0.29) is 6.09 Å². The largest absolute Gasteiger partial charge is 0.494 e. The van der Waals surface area contributed by atoms with Crippen molar-refractivity contribution in [3.05, 3.63) is 48.4 Å². The quantitative estimate of drug-likeness (QED) is 0.401. The van der Waals surface area contributed by atoms with Gasteiger partial charge in [0, 0.05) is 54.3 Å². The summed E-state index contributed by atoms with van der Waals surface area (Å²) in [6, 6.07) is 10.3. The number of hydrogen-bond acceptors (Lipinski definition) is 6. The molecule has 0 spiro atoms. The maximum absolute atomic E-state index is 12.4. The highest BCUT2D eigenvalue weighted by atomic mass is 16.6. The Morgan fingerprint density at radius 2 is 1.86 bits per heavy atom. The van der Waals surface area contributed by atoms with E-state index in [9.17, 15) is 4.79 Å². The van der Waals surface area contributed by atoms with E-state index in [0.29, 0.717) is 19.0 Å². The molecule has 1 saturated heterocycles. The normalized spacial score (nSPS) is 15.1. The van der Waals surface area contributed by atoms with Crippen LogP contribution in [0.4, 0.5) is 4.79 Å². The number of methoxy groups -OCH3 is 1. The molecule has 35 heavy (non-hydrogen) atoms. The summed E-state index contributed by atoms with van der Waals surface area (Å²) in [4.78, 5) is 23.8. The number of fused-ring (bicyclic) bond motifs is 2. The van der Waals surface area contributed by atoms with Gasteiger partial charge in [-0.25, -0.2) is 4.79 Å². The van der Waals surface area contributed by atoms with Crippen LogP contribution >= 0.6 is 0 Å². The summed E-state index contributed by atoms with van der Waals surface area (Å²) in [5.41, 5.74) is 4.12. The number of pyridine rings is 2. The van der Waals surface area contributed by atoms with E-state index in [1.54, 1.807) is 16.7 Å². The molecule has 8 nitrogen and oxygen atoms in total. The fraction of sp³-hybridized carbons (Fsp3) is 0.407. The minimum atomic E-state index is -0.478. The summed E-state index contributed by atoms with van der Waals surface area (Å²) < 4.78 is 12.9. The van der Waals surface area contributed by atoms with Gasteiger partial charge in [-0.2, -0.15) is 5.10 Å². The highest BCUT2D eigenvalue weighted by Gasteiger charge is 2.28. The number of rotatable bonds is 3. The number of aryl methyl sites for hydroxylation is 1. The number of ether oxygens (including phenoxy) is 2. The zero-order chi connectivity index (χ0) is 24.7. The van der Waals surface area contributed by atoms with Crippen LogP contribution in [0.3, 0.4) is 0 Å². The second-order valence-electron chi connectivity index (χ2n) is 10.2. The minimum Gasteiger partial charge on any atom is -0.494 e. The first-order valence-corrected chi connectivity index (χ1v) is 12.0. The molecule has 4 heterocycles. The lowest BCUT2D eigenvalue weighted by Crippen LogP contribution is -2.41. The van der Waals surface area contributed by atoms with E-state index >= 15 is 0 Å². The zero-order valence-corrected chi connectivity index (χ0v) is 20.9. The molecule has 4 aromatic rings. The van der Waals surface area contributed by atoms with Crippen LogP contribution in [0.5, 0.6) is 5.75 Å². The molecule has 182 valence electrons. The molecule has 0 radical (unpaired) electrons. The molecule has 0 unspecified atom stereocenters. The van der Waals surface area contributed by atoms with Gasteiger partial charge in [-0.15, -0.1) is 0 Å². The van der Waals surface area contributed by atoms with Crippen LogP contribution in [0.1, 0.15) is 45.2 Å². The Bertz CT molecular complexity index is 1400. The minimum absolute atomic E-state index is 0.236. The van der Waals surface area contributed by atoms with Gasteiger partial charge in [0.15, 0.2) is 0 Å². The third-order valence-corrected chi connectivity index (χ3v) is 6.37. The molecule has 0 N–H and O–H groups in total. The molecular weight excluding hydrogens is 442 g/mol. The second kappa shape index (κ2) is 8.83. The molecule has 3 aromatic heterocycles. The highest BCUT2D eigenvalue weighted by Crippen LogP contribution is 2.33. The molecular formula is C27H31N5O3. The van der Waals surface area contributed by atoms with Crippen LogP contribution in [0.2, 0.25) is 0 Å². The molecule has 5 rings (SSSR count).